The van der Waals surface area contributed by atoms with E-state index in [2.05, 4.69) is 28.8 Å². The molecule has 1 aromatic heterocycles. The monoisotopic (exact) mass is 283 g/mol. The summed E-state index contributed by atoms with van der Waals surface area (Å²) < 4.78 is 2.20. The van der Waals surface area contributed by atoms with Crippen molar-refractivity contribution in [1.29, 1.82) is 0 Å². The van der Waals surface area contributed by atoms with Crippen LogP contribution in [0.25, 0.3) is 0 Å². The highest BCUT2D eigenvalue weighted by atomic mass is 35.5. The van der Waals surface area contributed by atoms with Gasteiger partial charge in [0.2, 0.25) is 0 Å². The number of aromatic nitrogens is 2. The van der Waals surface area contributed by atoms with Crippen LogP contribution in [0.5, 0.6) is 0 Å². The first kappa shape index (κ1) is 14.9. The Morgan fingerprint density at radius 2 is 2.16 bits per heavy atom. The summed E-state index contributed by atoms with van der Waals surface area (Å²) in [6.07, 6.45) is 9.93. The van der Waals surface area contributed by atoms with Crippen LogP contribution in [0.1, 0.15) is 57.2 Å². The number of hydrogen-bond acceptors (Lipinski definition) is 2. The summed E-state index contributed by atoms with van der Waals surface area (Å²) in [6.45, 7) is 5.28. The summed E-state index contributed by atoms with van der Waals surface area (Å²) in [5.41, 5.74) is 1.20. The molecule has 4 heteroatoms. The Hall–Kier alpha value is -0.540. The van der Waals surface area contributed by atoms with Crippen molar-refractivity contribution < 1.29 is 0 Å². The zero-order valence-corrected chi connectivity index (χ0v) is 12.8. The first-order valence-corrected chi connectivity index (χ1v) is 8.19. The van der Waals surface area contributed by atoms with Gasteiger partial charge in [0.15, 0.2) is 0 Å². The van der Waals surface area contributed by atoms with Gasteiger partial charge in [-0.05, 0) is 38.4 Å². The Morgan fingerprint density at radius 3 is 2.84 bits per heavy atom. The third-order valence-electron chi connectivity index (χ3n) is 4.05. The van der Waals surface area contributed by atoms with E-state index < -0.39 is 0 Å². The van der Waals surface area contributed by atoms with E-state index in [0.29, 0.717) is 6.04 Å². The average Bonchev–Trinajstić information content (AvgIpc) is 2.93. The molecule has 1 aliphatic rings. The summed E-state index contributed by atoms with van der Waals surface area (Å²) in [5, 5.41) is 4.77. The van der Waals surface area contributed by atoms with Gasteiger partial charge in [0.25, 0.3) is 0 Å². The molecule has 0 spiro atoms. The standard InChI is InChI=1S/C15H26ClN3/c1-2-18(11-6-10-16)13-14-9-12-19(17-14)15-7-4-3-5-8-15/h9,12,15H,2-8,10-11,13H2,1H3. The highest BCUT2D eigenvalue weighted by Gasteiger charge is 2.16. The minimum Gasteiger partial charge on any atom is -0.298 e. The zero-order chi connectivity index (χ0) is 13.5. The average molecular weight is 284 g/mol. The van der Waals surface area contributed by atoms with Crippen LogP contribution in [0.15, 0.2) is 12.3 Å². The van der Waals surface area contributed by atoms with Crippen LogP contribution in [-0.4, -0.2) is 33.6 Å². The van der Waals surface area contributed by atoms with Crippen LogP contribution < -0.4 is 0 Å². The van der Waals surface area contributed by atoms with Crippen LogP contribution in [0.2, 0.25) is 0 Å². The maximum absolute atomic E-state index is 5.76. The van der Waals surface area contributed by atoms with E-state index >= 15 is 0 Å². The summed E-state index contributed by atoms with van der Waals surface area (Å²) in [5.74, 6) is 0.743. The summed E-state index contributed by atoms with van der Waals surface area (Å²) >= 11 is 5.76. The van der Waals surface area contributed by atoms with Gasteiger partial charge in [0.05, 0.1) is 11.7 Å². The van der Waals surface area contributed by atoms with Gasteiger partial charge in [-0.15, -0.1) is 11.6 Å². The van der Waals surface area contributed by atoms with E-state index in [1.165, 1.54) is 37.8 Å². The maximum atomic E-state index is 5.76. The third kappa shape index (κ3) is 4.50. The molecule has 1 heterocycles. The smallest absolute Gasteiger partial charge is 0.0764 e. The van der Waals surface area contributed by atoms with E-state index in [4.69, 9.17) is 16.7 Å². The minimum absolute atomic E-state index is 0.639. The van der Waals surface area contributed by atoms with Crippen molar-refractivity contribution >= 4 is 11.6 Å². The Balaban J connectivity index is 1.88. The molecule has 108 valence electrons. The third-order valence-corrected chi connectivity index (χ3v) is 4.32. The normalized spacial score (nSPS) is 17.2. The van der Waals surface area contributed by atoms with Crippen LogP contribution in [0, 0.1) is 0 Å². The van der Waals surface area contributed by atoms with E-state index in [1.54, 1.807) is 0 Å². The van der Waals surface area contributed by atoms with Gasteiger partial charge in [-0.1, -0.05) is 26.2 Å². The van der Waals surface area contributed by atoms with Gasteiger partial charge in [-0.3, -0.25) is 9.58 Å². The predicted molar refractivity (Wildman–Crippen MR) is 80.6 cm³/mol. The first-order valence-electron chi connectivity index (χ1n) is 7.66. The molecule has 0 amide bonds. The lowest BCUT2D eigenvalue weighted by molar-refractivity contribution is 0.273. The van der Waals surface area contributed by atoms with E-state index in [0.717, 1.165) is 31.9 Å². The molecule has 0 saturated heterocycles. The van der Waals surface area contributed by atoms with Gasteiger partial charge in [-0.25, -0.2) is 0 Å². The van der Waals surface area contributed by atoms with Crippen LogP contribution in [-0.2, 0) is 6.54 Å². The number of rotatable bonds is 7. The Kier molecular flexibility index (Phi) is 6.18. The second kappa shape index (κ2) is 7.91. The van der Waals surface area contributed by atoms with Crippen molar-refractivity contribution in [3.05, 3.63) is 18.0 Å². The van der Waals surface area contributed by atoms with Gasteiger partial charge in [-0.2, -0.15) is 5.10 Å². The summed E-state index contributed by atoms with van der Waals surface area (Å²) in [4.78, 5) is 2.41. The lowest BCUT2D eigenvalue weighted by Crippen LogP contribution is -2.24. The predicted octanol–water partition coefficient (Wildman–Crippen LogP) is 3.84. The van der Waals surface area contributed by atoms with Crippen LogP contribution >= 0.6 is 11.6 Å². The van der Waals surface area contributed by atoms with E-state index in [-0.39, 0.29) is 0 Å². The Labute approximate surface area is 121 Å². The molecule has 19 heavy (non-hydrogen) atoms. The fourth-order valence-electron chi connectivity index (χ4n) is 2.87. The highest BCUT2D eigenvalue weighted by Crippen LogP contribution is 2.27. The first-order chi connectivity index (χ1) is 9.33. The molecule has 0 aliphatic heterocycles. The van der Waals surface area contributed by atoms with Crippen molar-refractivity contribution in [2.24, 2.45) is 0 Å². The summed E-state index contributed by atoms with van der Waals surface area (Å²) in [6, 6.07) is 2.82. The molecule has 0 unspecified atom stereocenters. The van der Waals surface area contributed by atoms with E-state index in [9.17, 15) is 0 Å². The molecule has 3 nitrogen and oxygen atoms in total. The van der Waals surface area contributed by atoms with Gasteiger partial charge in [0, 0.05) is 18.6 Å². The molecule has 0 atom stereocenters. The van der Waals surface area contributed by atoms with Crippen LogP contribution in [0.4, 0.5) is 0 Å². The molecule has 1 saturated carbocycles. The van der Waals surface area contributed by atoms with Gasteiger partial charge < -0.3 is 0 Å². The minimum atomic E-state index is 0.639. The molecular formula is C15H26ClN3. The molecule has 0 aromatic carbocycles. The highest BCUT2D eigenvalue weighted by molar-refractivity contribution is 6.17. The Bertz CT molecular complexity index is 358. The SMILES string of the molecule is CCN(CCCCl)Cc1ccn(C2CCCCC2)n1. The van der Waals surface area contributed by atoms with Crippen molar-refractivity contribution in [1.82, 2.24) is 14.7 Å². The lowest BCUT2D eigenvalue weighted by atomic mass is 9.96. The molecule has 2 rings (SSSR count). The van der Waals surface area contributed by atoms with Crippen molar-refractivity contribution in [2.45, 2.75) is 58.0 Å². The topological polar surface area (TPSA) is 21.1 Å². The number of nitrogens with zero attached hydrogens (tertiary/aromatic N) is 3. The van der Waals surface area contributed by atoms with Crippen LogP contribution in [0.3, 0.4) is 0 Å². The quantitative estimate of drug-likeness (QED) is 0.709. The fourth-order valence-corrected chi connectivity index (χ4v) is 2.99. The van der Waals surface area contributed by atoms with Crippen molar-refractivity contribution in [3.63, 3.8) is 0 Å². The van der Waals surface area contributed by atoms with Gasteiger partial charge >= 0.3 is 0 Å². The second-order valence-electron chi connectivity index (χ2n) is 5.49. The maximum Gasteiger partial charge on any atom is 0.0764 e. The van der Waals surface area contributed by atoms with Crippen molar-refractivity contribution in [3.8, 4) is 0 Å². The molecule has 0 N–H and O–H groups in total. The molecule has 0 radical (unpaired) electrons. The molecule has 1 aromatic rings. The largest absolute Gasteiger partial charge is 0.298 e. The molecule has 1 fully saturated rings. The fraction of sp³-hybridized carbons (Fsp3) is 0.800. The lowest BCUT2D eigenvalue weighted by Gasteiger charge is -2.22. The molecule has 0 bridgehead atoms. The molecule has 1 aliphatic carbocycles. The number of halogens is 1. The Morgan fingerprint density at radius 1 is 1.37 bits per heavy atom. The number of hydrogen-bond donors (Lipinski definition) is 0. The molecular weight excluding hydrogens is 258 g/mol. The number of alkyl halides is 1. The zero-order valence-electron chi connectivity index (χ0n) is 12.0. The van der Waals surface area contributed by atoms with E-state index in [1.807, 2.05) is 0 Å². The van der Waals surface area contributed by atoms with Gasteiger partial charge in [0.1, 0.15) is 0 Å². The summed E-state index contributed by atoms with van der Waals surface area (Å²) in [7, 11) is 0. The van der Waals surface area contributed by atoms with Crippen molar-refractivity contribution in [2.75, 3.05) is 19.0 Å². The second-order valence-corrected chi connectivity index (χ2v) is 5.87.